The fraction of sp³-hybridized carbons (Fsp3) is 0.562. The van der Waals surface area contributed by atoms with Crippen molar-refractivity contribution in [1.29, 1.82) is 0 Å². The number of hydrogen-bond donors (Lipinski definition) is 1. The van der Waals surface area contributed by atoms with Gasteiger partial charge in [0.1, 0.15) is 0 Å². The summed E-state index contributed by atoms with van der Waals surface area (Å²) < 4.78 is 0. The Morgan fingerprint density at radius 1 is 1.42 bits per heavy atom. The lowest BCUT2D eigenvalue weighted by molar-refractivity contribution is -0.148. The second-order valence-corrected chi connectivity index (χ2v) is 5.74. The molecule has 3 nitrogen and oxygen atoms in total. The van der Waals surface area contributed by atoms with Gasteiger partial charge in [-0.3, -0.25) is 4.79 Å². The highest BCUT2D eigenvalue weighted by Crippen LogP contribution is 2.35. The second-order valence-electron chi connectivity index (χ2n) is 5.74. The minimum Gasteiger partial charge on any atom is -0.481 e. The smallest absolute Gasteiger partial charge is 0.310 e. The van der Waals surface area contributed by atoms with Crippen LogP contribution in [0.3, 0.4) is 0 Å². The van der Waals surface area contributed by atoms with Gasteiger partial charge in [0.2, 0.25) is 0 Å². The van der Waals surface area contributed by atoms with Gasteiger partial charge in [0, 0.05) is 13.1 Å². The number of nitrogens with zero attached hydrogens (tertiary/aromatic N) is 1. The van der Waals surface area contributed by atoms with E-state index >= 15 is 0 Å². The maximum Gasteiger partial charge on any atom is 0.310 e. The molecular weight excluding hydrogens is 238 g/mol. The van der Waals surface area contributed by atoms with Crippen molar-refractivity contribution in [2.45, 2.75) is 32.6 Å². The van der Waals surface area contributed by atoms with E-state index in [1.807, 2.05) is 13.0 Å². The van der Waals surface area contributed by atoms with Gasteiger partial charge in [-0.15, -0.1) is 0 Å². The minimum atomic E-state index is -0.634. The third-order valence-electron chi connectivity index (χ3n) is 4.46. The Hall–Kier alpha value is -1.35. The first-order valence-electron chi connectivity index (χ1n) is 7.08. The Balaban J connectivity index is 1.97. The van der Waals surface area contributed by atoms with Gasteiger partial charge >= 0.3 is 5.97 Å². The van der Waals surface area contributed by atoms with Crippen molar-refractivity contribution in [3.8, 4) is 0 Å². The molecule has 1 aromatic rings. The van der Waals surface area contributed by atoms with Crippen molar-refractivity contribution in [3.05, 3.63) is 35.9 Å². The van der Waals surface area contributed by atoms with Gasteiger partial charge in [0.15, 0.2) is 0 Å². The summed E-state index contributed by atoms with van der Waals surface area (Å²) in [6.07, 6.45) is 1.50. The summed E-state index contributed by atoms with van der Waals surface area (Å²) in [6, 6.07) is 10.4. The van der Waals surface area contributed by atoms with Crippen LogP contribution in [-0.2, 0) is 4.79 Å². The third kappa shape index (κ3) is 2.98. The number of carboxylic acids is 1. The highest BCUT2D eigenvalue weighted by molar-refractivity contribution is 5.75. The van der Waals surface area contributed by atoms with Gasteiger partial charge in [-0.2, -0.15) is 0 Å². The summed E-state index contributed by atoms with van der Waals surface area (Å²) >= 11 is 0. The van der Waals surface area contributed by atoms with Gasteiger partial charge in [-0.1, -0.05) is 44.2 Å². The highest BCUT2D eigenvalue weighted by Gasteiger charge is 2.43. The molecule has 1 fully saturated rings. The van der Waals surface area contributed by atoms with Crippen molar-refractivity contribution < 1.29 is 9.90 Å². The van der Waals surface area contributed by atoms with Gasteiger partial charge in [0.25, 0.3) is 0 Å². The summed E-state index contributed by atoms with van der Waals surface area (Å²) in [5.41, 5.74) is 0.808. The molecule has 3 heteroatoms. The van der Waals surface area contributed by atoms with Crippen molar-refractivity contribution >= 4 is 5.97 Å². The molecule has 0 amide bonds. The maximum atomic E-state index is 11.4. The van der Waals surface area contributed by atoms with Crippen LogP contribution in [0.15, 0.2) is 30.3 Å². The number of rotatable bonds is 5. The molecule has 0 saturated carbocycles. The molecule has 104 valence electrons. The van der Waals surface area contributed by atoms with Crippen LogP contribution in [0.5, 0.6) is 0 Å². The highest BCUT2D eigenvalue weighted by atomic mass is 16.4. The second kappa shape index (κ2) is 5.74. The normalized spacial score (nSPS) is 25.4. The van der Waals surface area contributed by atoms with E-state index in [9.17, 15) is 9.90 Å². The van der Waals surface area contributed by atoms with E-state index < -0.39 is 11.4 Å². The van der Waals surface area contributed by atoms with Crippen molar-refractivity contribution in [2.24, 2.45) is 5.41 Å². The quantitative estimate of drug-likeness (QED) is 0.886. The zero-order valence-corrected chi connectivity index (χ0v) is 11.8. The summed E-state index contributed by atoms with van der Waals surface area (Å²) in [4.78, 5) is 13.7. The van der Waals surface area contributed by atoms with Gasteiger partial charge in [-0.25, -0.2) is 0 Å². The maximum absolute atomic E-state index is 11.4. The van der Waals surface area contributed by atoms with E-state index in [0.29, 0.717) is 12.5 Å². The molecule has 1 heterocycles. The Kier molecular flexibility index (Phi) is 4.25. The van der Waals surface area contributed by atoms with Crippen molar-refractivity contribution in [1.82, 2.24) is 4.90 Å². The number of likely N-dealkylation sites (tertiary alicyclic amines) is 1. The van der Waals surface area contributed by atoms with Gasteiger partial charge in [-0.05, 0) is 30.9 Å². The van der Waals surface area contributed by atoms with E-state index in [1.165, 1.54) is 5.56 Å². The van der Waals surface area contributed by atoms with E-state index in [1.54, 1.807) is 0 Å². The SMILES string of the molecule is CCC1(C(=O)O)CCN(CC(C)c2ccccc2)C1. The first kappa shape index (κ1) is 14.1. The molecule has 2 unspecified atom stereocenters. The lowest BCUT2D eigenvalue weighted by atomic mass is 9.84. The Morgan fingerprint density at radius 2 is 2.11 bits per heavy atom. The molecular formula is C16H23NO2. The van der Waals surface area contributed by atoms with Crippen molar-refractivity contribution in [2.75, 3.05) is 19.6 Å². The number of benzene rings is 1. The van der Waals surface area contributed by atoms with Crippen LogP contribution in [0, 0.1) is 5.41 Å². The van der Waals surface area contributed by atoms with E-state index in [2.05, 4.69) is 36.1 Å². The largest absolute Gasteiger partial charge is 0.481 e. The molecule has 19 heavy (non-hydrogen) atoms. The van der Waals surface area contributed by atoms with Crippen LogP contribution in [0.4, 0.5) is 0 Å². The summed E-state index contributed by atoms with van der Waals surface area (Å²) in [5, 5.41) is 9.41. The average Bonchev–Trinajstić information content (AvgIpc) is 2.84. The molecule has 1 saturated heterocycles. The van der Waals surface area contributed by atoms with Crippen molar-refractivity contribution in [3.63, 3.8) is 0 Å². The predicted molar refractivity (Wildman–Crippen MR) is 76.3 cm³/mol. The lowest BCUT2D eigenvalue weighted by Gasteiger charge is -2.25. The van der Waals surface area contributed by atoms with E-state index in [4.69, 9.17) is 0 Å². The van der Waals surface area contributed by atoms with Crippen LogP contribution in [0.1, 0.15) is 38.2 Å². The molecule has 2 rings (SSSR count). The number of hydrogen-bond acceptors (Lipinski definition) is 2. The number of carboxylic acid groups (broad SMARTS) is 1. The Bertz CT molecular complexity index is 432. The molecule has 1 N–H and O–H groups in total. The monoisotopic (exact) mass is 261 g/mol. The van der Waals surface area contributed by atoms with E-state index in [-0.39, 0.29) is 0 Å². The third-order valence-corrected chi connectivity index (χ3v) is 4.46. The topological polar surface area (TPSA) is 40.5 Å². The molecule has 1 aliphatic heterocycles. The van der Waals surface area contributed by atoms with Gasteiger partial charge in [0.05, 0.1) is 5.41 Å². The molecule has 0 bridgehead atoms. The summed E-state index contributed by atoms with van der Waals surface area (Å²) in [5.74, 6) is -0.187. The zero-order chi connectivity index (χ0) is 13.9. The standard InChI is InChI=1S/C16H23NO2/c1-3-16(15(18)19)9-10-17(12-16)11-13(2)14-7-5-4-6-8-14/h4-8,13H,3,9-12H2,1-2H3,(H,18,19). The van der Waals surface area contributed by atoms with E-state index in [0.717, 1.165) is 25.9 Å². The van der Waals surface area contributed by atoms with Crippen LogP contribution < -0.4 is 0 Å². The Labute approximate surface area is 115 Å². The average molecular weight is 261 g/mol. The summed E-state index contributed by atoms with van der Waals surface area (Å²) in [6.45, 7) is 6.73. The summed E-state index contributed by atoms with van der Waals surface area (Å²) in [7, 11) is 0. The van der Waals surface area contributed by atoms with Crippen LogP contribution in [0.25, 0.3) is 0 Å². The molecule has 1 aliphatic rings. The van der Waals surface area contributed by atoms with Gasteiger partial charge < -0.3 is 10.0 Å². The zero-order valence-electron chi connectivity index (χ0n) is 11.8. The van der Waals surface area contributed by atoms with Crippen LogP contribution >= 0.6 is 0 Å². The lowest BCUT2D eigenvalue weighted by Crippen LogP contribution is -2.35. The minimum absolute atomic E-state index is 0.447. The fourth-order valence-electron chi connectivity index (χ4n) is 3.00. The molecule has 0 radical (unpaired) electrons. The number of aliphatic carboxylic acids is 1. The molecule has 2 atom stereocenters. The fourth-order valence-corrected chi connectivity index (χ4v) is 3.00. The molecule has 0 aliphatic carbocycles. The molecule has 0 spiro atoms. The Morgan fingerprint density at radius 3 is 2.63 bits per heavy atom. The van der Waals surface area contributed by atoms with Crippen LogP contribution in [-0.4, -0.2) is 35.6 Å². The number of carbonyl (C=O) groups is 1. The molecule has 0 aromatic heterocycles. The first-order chi connectivity index (χ1) is 9.07. The molecule has 1 aromatic carbocycles. The van der Waals surface area contributed by atoms with Crippen LogP contribution in [0.2, 0.25) is 0 Å². The predicted octanol–water partition coefficient (Wildman–Crippen LogP) is 2.98. The first-order valence-corrected chi connectivity index (χ1v) is 7.08.